The third-order valence-electron chi connectivity index (χ3n) is 2.04. The van der Waals surface area contributed by atoms with Gasteiger partial charge in [0.25, 0.3) is 0 Å². The summed E-state index contributed by atoms with van der Waals surface area (Å²) in [5.74, 6) is 0. The number of hydrogen-bond acceptors (Lipinski definition) is 2. The van der Waals surface area contributed by atoms with Crippen LogP contribution in [0.25, 0.3) is 0 Å². The molecule has 0 spiro atoms. The van der Waals surface area contributed by atoms with Gasteiger partial charge in [0, 0.05) is 12.2 Å². The largest absolute Gasteiger partial charge is 0.324 e. The molecule has 0 aromatic carbocycles. The second-order valence-corrected chi connectivity index (χ2v) is 4.64. The van der Waals surface area contributed by atoms with Crippen molar-refractivity contribution in [2.75, 3.05) is 0 Å². The molecule has 0 radical (unpaired) electrons. The quantitative estimate of drug-likeness (QED) is 0.705. The molecule has 1 rings (SSSR count). The van der Waals surface area contributed by atoms with Gasteiger partial charge in [-0.25, -0.2) is 4.98 Å². The van der Waals surface area contributed by atoms with Crippen molar-refractivity contribution in [2.24, 2.45) is 11.1 Å². The van der Waals surface area contributed by atoms with Gasteiger partial charge in [-0.15, -0.1) is 0 Å². The fourth-order valence-electron chi connectivity index (χ4n) is 1.11. The second kappa shape index (κ2) is 3.64. The predicted molar refractivity (Wildman–Crippen MR) is 55.6 cm³/mol. The summed E-state index contributed by atoms with van der Waals surface area (Å²) in [6, 6.07) is 3.72. The van der Waals surface area contributed by atoms with Gasteiger partial charge < -0.3 is 5.73 Å². The molecule has 0 saturated heterocycles. The lowest BCUT2D eigenvalue weighted by Gasteiger charge is -2.27. The smallest absolute Gasteiger partial charge is 0.129 e. The molecule has 1 aromatic rings. The molecule has 0 aliphatic rings. The van der Waals surface area contributed by atoms with Crippen LogP contribution in [0.5, 0.6) is 0 Å². The molecule has 0 aliphatic carbocycles. The molecular formula is C10H15ClN2. The molecule has 0 unspecified atom stereocenters. The second-order valence-electron chi connectivity index (χ2n) is 4.26. The van der Waals surface area contributed by atoms with Gasteiger partial charge in [0.2, 0.25) is 0 Å². The summed E-state index contributed by atoms with van der Waals surface area (Å²) in [5, 5.41) is 0.497. The maximum Gasteiger partial charge on any atom is 0.129 e. The Labute approximate surface area is 84.1 Å². The average Bonchev–Trinajstić information content (AvgIpc) is 2.01. The Bertz CT molecular complexity index is 291. The maximum absolute atomic E-state index is 6.05. The van der Waals surface area contributed by atoms with Crippen LogP contribution in [0, 0.1) is 5.41 Å². The van der Waals surface area contributed by atoms with E-state index in [1.54, 1.807) is 6.20 Å². The van der Waals surface area contributed by atoms with Crippen LogP contribution in [-0.4, -0.2) is 4.98 Å². The minimum absolute atomic E-state index is 0.00648. The van der Waals surface area contributed by atoms with Crippen LogP contribution in [0.1, 0.15) is 32.4 Å². The minimum atomic E-state index is -0.00648. The molecular weight excluding hydrogens is 184 g/mol. The third kappa shape index (κ3) is 2.68. The molecule has 0 aliphatic heterocycles. The van der Waals surface area contributed by atoms with Gasteiger partial charge in [0.1, 0.15) is 5.15 Å². The Kier molecular flexibility index (Phi) is 2.94. The average molecular weight is 199 g/mol. The zero-order valence-corrected chi connectivity index (χ0v) is 8.97. The Morgan fingerprint density at radius 2 is 2.08 bits per heavy atom. The van der Waals surface area contributed by atoms with Crippen molar-refractivity contribution in [1.29, 1.82) is 0 Å². The highest BCUT2D eigenvalue weighted by atomic mass is 35.5. The zero-order valence-electron chi connectivity index (χ0n) is 8.21. The zero-order chi connectivity index (χ0) is 10.1. The molecule has 13 heavy (non-hydrogen) atoms. The Hall–Kier alpha value is -0.600. The fraction of sp³-hybridized carbons (Fsp3) is 0.500. The molecule has 2 nitrogen and oxygen atoms in total. The van der Waals surface area contributed by atoms with E-state index in [4.69, 9.17) is 17.3 Å². The first-order valence-electron chi connectivity index (χ1n) is 4.28. The molecule has 0 saturated carbocycles. The first-order chi connectivity index (χ1) is 5.91. The number of pyridine rings is 1. The van der Waals surface area contributed by atoms with Crippen LogP contribution in [-0.2, 0) is 0 Å². The van der Waals surface area contributed by atoms with Gasteiger partial charge >= 0.3 is 0 Å². The first kappa shape index (κ1) is 10.5. The Morgan fingerprint density at radius 1 is 1.46 bits per heavy atom. The van der Waals surface area contributed by atoms with E-state index in [2.05, 4.69) is 25.8 Å². The topological polar surface area (TPSA) is 38.9 Å². The minimum Gasteiger partial charge on any atom is -0.324 e. The van der Waals surface area contributed by atoms with Crippen molar-refractivity contribution in [1.82, 2.24) is 4.98 Å². The first-order valence-corrected chi connectivity index (χ1v) is 4.66. The highest BCUT2D eigenvalue weighted by Crippen LogP contribution is 2.30. The van der Waals surface area contributed by atoms with E-state index in [1.807, 2.05) is 12.1 Å². The maximum atomic E-state index is 6.05. The highest BCUT2D eigenvalue weighted by Gasteiger charge is 2.22. The molecule has 1 atom stereocenters. The summed E-state index contributed by atoms with van der Waals surface area (Å²) in [7, 11) is 0. The Balaban J connectivity index is 2.96. The van der Waals surface area contributed by atoms with Crippen LogP contribution < -0.4 is 5.73 Å². The lowest BCUT2D eigenvalue weighted by Crippen LogP contribution is -2.26. The number of nitrogens with two attached hydrogens (primary N) is 1. The number of nitrogens with zero attached hydrogens (tertiary/aromatic N) is 1. The van der Waals surface area contributed by atoms with E-state index in [9.17, 15) is 0 Å². The van der Waals surface area contributed by atoms with Crippen molar-refractivity contribution < 1.29 is 0 Å². The summed E-state index contributed by atoms with van der Waals surface area (Å²) in [6.07, 6.45) is 1.68. The van der Waals surface area contributed by atoms with Crippen LogP contribution in [0.15, 0.2) is 18.3 Å². The normalized spacial score (nSPS) is 14.2. The summed E-state index contributed by atoms with van der Waals surface area (Å²) < 4.78 is 0. The van der Waals surface area contributed by atoms with Crippen molar-refractivity contribution in [3.05, 3.63) is 29.0 Å². The van der Waals surface area contributed by atoms with E-state index in [1.165, 1.54) is 0 Å². The predicted octanol–water partition coefficient (Wildman–Crippen LogP) is 2.78. The van der Waals surface area contributed by atoms with Crippen molar-refractivity contribution in [2.45, 2.75) is 26.8 Å². The highest BCUT2D eigenvalue weighted by molar-refractivity contribution is 6.29. The van der Waals surface area contributed by atoms with Crippen LogP contribution >= 0.6 is 11.6 Å². The van der Waals surface area contributed by atoms with Gasteiger partial charge in [0.15, 0.2) is 0 Å². The van der Waals surface area contributed by atoms with E-state index in [0.717, 1.165) is 5.56 Å². The van der Waals surface area contributed by atoms with Gasteiger partial charge in [0.05, 0.1) is 0 Å². The molecule has 0 amide bonds. The van der Waals surface area contributed by atoms with Gasteiger partial charge in [-0.2, -0.15) is 0 Å². The number of aromatic nitrogens is 1. The third-order valence-corrected chi connectivity index (χ3v) is 2.25. The van der Waals surface area contributed by atoms with Gasteiger partial charge in [-0.3, -0.25) is 0 Å². The van der Waals surface area contributed by atoms with Crippen molar-refractivity contribution >= 4 is 11.6 Å². The van der Waals surface area contributed by atoms with E-state index < -0.39 is 0 Å². The monoisotopic (exact) mass is 198 g/mol. The summed E-state index contributed by atoms with van der Waals surface area (Å²) >= 11 is 5.77. The standard InChI is InChI=1S/C10H15ClN2/c1-10(2,3)9(12)7-4-5-13-8(11)6-7/h4-6,9H,12H2,1-3H3/t9-/m1/s1. The lowest BCUT2D eigenvalue weighted by atomic mass is 9.83. The molecule has 3 heteroatoms. The van der Waals surface area contributed by atoms with Crippen LogP contribution in [0.4, 0.5) is 0 Å². The number of halogens is 1. The van der Waals surface area contributed by atoms with Crippen LogP contribution in [0.2, 0.25) is 5.15 Å². The molecule has 2 N–H and O–H groups in total. The van der Waals surface area contributed by atoms with Crippen LogP contribution in [0.3, 0.4) is 0 Å². The van der Waals surface area contributed by atoms with E-state index in [-0.39, 0.29) is 11.5 Å². The summed E-state index contributed by atoms with van der Waals surface area (Å²) in [6.45, 7) is 6.31. The SMILES string of the molecule is CC(C)(C)[C@H](N)c1ccnc(Cl)c1. The molecule has 1 heterocycles. The fourth-order valence-corrected chi connectivity index (χ4v) is 1.29. The Morgan fingerprint density at radius 3 is 2.54 bits per heavy atom. The van der Waals surface area contributed by atoms with Crippen molar-refractivity contribution in [3.8, 4) is 0 Å². The summed E-state index contributed by atoms with van der Waals surface area (Å²) in [4.78, 5) is 3.91. The molecule has 0 bridgehead atoms. The summed E-state index contributed by atoms with van der Waals surface area (Å²) in [5.41, 5.74) is 7.14. The van der Waals surface area contributed by atoms with E-state index >= 15 is 0 Å². The molecule has 72 valence electrons. The molecule has 0 fully saturated rings. The van der Waals surface area contributed by atoms with Gasteiger partial charge in [-0.05, 0) is 23.1 Å². The van der Waals surface area contributed by atoms with Crippen molar-refractivity contribution in [3.63, 3.8) is 0 Å². The lowest BCUT2D eigenvalue weighted by molar-refractivity contribution is 0.327. The van der Waals surface area contributed by atoms with E-state index in [0.29, 0.717) is 5.15 Å². The molecule has 1 aromatic heterocycles. The van der Waals surface area contributed by atoms with Gasteiger partial charge in [-0.1, -0.05) is 32.4 Å². The number of hydrogen-bond donors (Lipinski definition) is 1. The number of rotatable bonds is 1.